The van der Waals surface area contributed by atoms with Crippen LogP contribution in [-0.4, -0.2) is 36.5 Å². The number of likely N-dealkylation sites (tertiary alicyclic amines) is 1. The van der Waals surface area contributed by atoms with Gasteiger partial charge in [0.15, 0.2) is 0 Å². The quantitative estimate of drug-likeness (QED) is 0.509. The maximum Gasteiger partial charge on any atom is 0.222 e. The maximum atomic E-state index is 10.7. The largest absolute Gasteiger partial charge is 0.349 e. The van der Waals surface area contributed by atoms with Crippen molar-refractivity contribution in [3.63, 3.8) is 0 Å². The molecule has 0 aromatic carbocycles. The first-order chi connectivity index (χ1) is 5.20. The first kappa shape index (κ1) is 7.10. The summed E-state index contributed by atoms with van der Waals surface area (Å²) in [5.41, 5.74) is 0.171. The van der Waals surface area contributed by atoms with E-state index in [1.807, 2.05) is 0 Å². The van der Waals surface area contributed by atoms with Gasteiger partial charge in [0, 0.05) is 7.97 Å². The van der Waals surface area contributed by atoms with E-state index < -0.39 is 0 Å². The van der Waals surface area contributed by atoms with Crippen LogP contribution in [0.1, 0.15) is 20.7 Å². The number of β-lactam (4-membered cyclic amide) rings is 1. The third-order valence-electron chi connectivity index (χ3n) is 2.67. The lowest BCUT2D eigenvalue weighted by atomic mass is 9.80. The number of hydrogen-bond acceptors (Lipinski definition) is 2. The van der Waals surface area contributed by atoms with Gasteiger partial charge in [-0.25, -0.2) is 0 Å². The van der Waals surface area contributed by atoms with Gasteiger partial charge in [0.05, 0.1) is 12.0 Å². The van der Waals surface area contributed by atoms with Gasteiger partial charge in [-0.05, 0) is 26.4 Å². The van der Waals surface area contributed by atoms with Crippen molar-refractivity contribution < 1.29 is 6.22 Å². The van der Waals surface area contributed by atoms with Crippen LogP contribution in [-0.2, 0) is 4.79 Å². The van der Waals surface area contributed by atoms with Crippen molar-refractivity contribution >= 4 is 5.91 Å². The molecule has 0 radical (unpaired) electrons. The molecule has 1 unspecified atom stereocenters. The minimum absolute atomic E-state index is 0. The molecule has 3 nitrogen and oxygen atoms in total. The Kier molecular flexibility index (Phi) is 1.42. The molecule has 2 aliphatic rings. The lowest BCUT2D eigenvalue weighted by Crippen LogP contribution is -2.67. The zero-order valence-corrected chi connectivity index (χ0v) is 6.89. The van der Waals surface area contributed by atoms with E-state index in [1.54, 1.807) is 0 Å². The summed E-state index contributed by atoms with van der Waals surface area (Å²) in [4.78, 5) is 13.0. The van der Waals surface area contributed by atoms with Crippen molar-refractivity contribution in [2.75, 3.05) is 20.1 Å². The smallest absolute Gasteiger partial charge is 0.222 e. The van der Waals surface area contributed by atoms with Gasteiger partial charge in [-0.2, -0.15) is 0 Å². The molecule has 1 amide bonds. The third-order valence-corrected chi connectivity index (χ3v) is 2.67. The van der Waals surface area contributed by atoms with Crippen LogP contribution >= 0.6 is 0 Å². The number of hydrogen-bond donors (Lipinski definition) is 1. The SMILES string of the molecule is CN1CCCC2(CC(=O)N2)C1.[HH]. The van der Waals surface area contributed by atoms with Crippen molar-refractivity contribution in [2.24, 2.45) is 0 Å². The Bertz CT molecular complexity index is 187. The summed E-state index contributed by atoms with van der Waals surface area (Å²) >= 11 is 0. The molecule has 1 atom stereocenters. The molecule has 2 aliphatic heterocycles. The van der Waals surface area contributed by atoms with E-state index in [0.29, 0.717) is 0 Å². The molecule has 11 heavy (non-hydrogen) atoms. The van der Waals surface area contributed by atoms with E-state index in [1.165, 1.54) is 19.4 Å². The molecule has 0 bridgehead atoms. The van der Waals surface area contributed by atoms with E-state index in [2.05, 4.69) is 17.3 Å². The molecular weight excluding hydrogens is 140 g/mol. The number of carbonyl (C=O) groups excluding carboxylic acids is 1. The van der Waals surface area contributed by atoms with Crippen molar-refractivity contribution in [3.05, 3.63) is 0 Å². The van der Waals surface area contributed by atoms with E-state index >= 15 is 0 Å². The standard InChI is InChI=1S/C8H14N2O.H2/c1-10-4-2-3-8(6-10)5-7(11)9-8;/h2-6H2,1H3,(H,9,11);1H. The fraction of sp³-hybridized carbons (Fsp3) is 0.875. The predicted molar refractivity (Wildman–Crippen MR) is 44.3 cm³/mol. The molecule has 2 heterocycles. The van der Waals surface area contributed by atoms with E-state index in [-0.39, 0.29) is 12.9 Å². The molecule has 0 aromatic rings. The number of nitrogens with zero attached hydrogens (tertiary/aromatic N) is 1. The normalized spacial score (nSPS) is 38.5. The molecule has 0 saturated carbocycles. The van der Waals surface area contributed by atoms with Gasteiger partial charge in [-0.3, -0.25) is 4.79 Å². The molecule has 64 valence electrons. The number of amides is 1. The fourth-order valence-electron chi connectivity index (χ4n) is 2.19. The van der Waals surface area contributed by atoms with Crippen LogP contribution in [0.15, 0.2) is 0 Å². The number of carbonyl (C=O) groups is 1. The molecule has 0 aliphatic carbocycles. The Hall–Kier alpha value is -0.570. The van der Waals surface area contributed by atoms with E-state index in [9.17, 15) is 4.79 Å². The second kappa shape index (κ2) is 2.21. The van der Waals surface area contributed by atoms with Crippen molar-refractivity contribution in [1.82, 2.24) is 10.2 Å². The third kappa shape index (κ3) is 1.13. The zero-order valence-electron chi connectivity index (χ0n) is 6.89. The van der Waals surface area contributed by atoms with Gasteiger partial charge < -0.3 is 10.2 Å². The van der Waals surface area contributed by atoms with Crippen LogP contribution in [0, 0.1) is 0 Å². The summed E-state index contributed by atoms with van der Waals surface area (Å²) in [5.74, 6) is 0.223. The Morgan fingerprint density at radius 1 is 1.73 bits per heavy atom. The average molecular weight is 156 g/mol. The van der Waals surface area contributed by atoms with Gasteiger partial charge in [0.2, 0.25) is 5.91 Å². The van der Waals surface area contributed by atoms with Gasteiger partial charge in [-0.1, -0.05) is 0 Å². The van der Waals surface area contributed by atoms with E-state index in [0.717, 1.165) is 13.0 Å². The summed E-state index contributed by atoms with van der Waals surface area (Å²) < 4.78 is 0. The summed E-state index contributed by atoms with van der Waals surface area (Å²) in [7, 11) is 2.12. The second-order valence-electron chi connectivity index (χ2n) is 3.85. The van der Waals surface area contributed by atoms with E-state index in [4.69, 9.17) is 0 Å². The number of likely N-dealkylation sites (N-methyl/N-ethyl adjacent to an activating group) is 1. The Balaban J connectivity index is 0.000000720. The Morgan fingerprint density at radius 2 is 2.45 bits per heavy atom. The highest BCUT2D eigenvalue weighted by atomic mass is 16.2. The molecule has 2 saturated heterocycles. The van der Waals surface area contributed by atoms with Crippen LogP contribution in [0.25, 0.3) is 0 Å². The van der Waals surface area contributed by atoms with Crippen molar-refractivity contribution in [3.8, 4) is 0 Å². The monoisotopic (exact) mass is 156 g/mol. The summed E-state index contributed by atoms with van der Waals surface area (Å²) in [5, 5.41) is 3.01. The summed E-state index contributed by atoms with van der Waals surface area (Å²) in [6.07, 6.45) is 3.14. The molecular formula is C8H16N2O. The lowest BCUT2D eigenvalue weighted by Gasteiger charge is -2.47. The average Bonchev–Trinajstić information content (AvgIpc) is 1.84. The number of piperidine rings is 1. The lowest BCUT2D eigenvalue weighted by molar-refractivity contribution is -0.134. The predicted octanol–water partition coefficient (Wildman–Crippen LogP) is 0.217. The highest BCUT2D eigenvalue weighted by Gasteiger charge is 2.44. The van der Waals surface area contributed by atoms with Crippen LogP contribution in [0.2, 0.25) is 0 Å². The second-order valence-corrected chi connectivity index (χ2v) is 3.85. The van der Waals surface area contributed by atoms with Crippen molar-refractivity contribution in [2.45, 2.75) is 24.8 Å². The molecule has 2 rings (SSSR count). The van der Waals surface area contributed by atoms with Crippen LogP contribution < -0.4 is 5.32 Å². The Morgan fingerprint density at radius 3 is 3.00 bits per heavy atom. The zero-order chi connectivity index (χ0) is 7.90. The molecule has 3 heteroatoms. The molecule has 1 N–H and O–H groups in total. The van der Waals surface area contributed by atoms with Gasteiger partial charge in [-0.15, -0.1) is 0 Å². The van der Waals surface area contributed by atoms with Gasteiger partial charge >= 0.3 is 0 Å². The summed E-state index contributed by atoms with van der Waals surface area (Å²) in [6.45, 7) is 2.22. The van der Waals surface area contributed by atoms with Gasteiger partial charge in [0.1, 0.15) is 0 Å². The Labute approximate surface area is 68.2 Å². The maximum absolute atomic E-state index is 10.7. The molecule has 0 aromatic heterocycles. The molecule has 1 spiro atoms. The van der Waals surface area contributed by atoms with Crippen LogP contribution in [0.4, 0.5) is 0 Å². The minimum atomic E-state index is 0. The minimum Gasteiger partial charge on any atom is -0.349 e. The first-order valence-corrected chi connectivity index (χ1v) is 4.20. The summed E-state index contributed by atoms with van der Waals surface area (Å²) in [6, 6.07) is 0. The van der Waals surface area contributed by atoms with Crippen LogP contribution in [0.5, 0.6) is 0 Å². The highest BCUT2D eigenvalue weighted by molar-refractivity contribution is 5.84. The number of rotatable bonds is 0. The first-order valence-electron chi connectivity index (χ1n) is 4.20. The van der Waals surface area contributed by atoms with Crippen LogP contribution in [0.3, 0.4) is 0 Å². The topological polar surface area (TPSA) is 32.3 Å². The van der Waals surface area contributed by atoms with Crippen molar-refractivity contribution in [1.29, 1.82) is 0 Å². The fourth-order valence-corrected chi connectivity index (χ4v) is 2.19. The van der Waals surface area contributed by atoms with Gasteiger partial charge in [0.25, 0.3) is 0 Å². The molecule has 2 fully saturated rings. The highest BCUT2D eigenvalue weighted by Crippen LogP contribution is 2.29. The number of nitrogens with one attached hydrogen (secondary N) is 1.